The summed E-state index contributed by atoms with van der Waals surface area (Å²) < 4.78 is 5.18. The molecule has 3 aromatic rings. The molecule has 0 aliphatic heterocycles. The molecule has 26 heavy (non-hydrogen) atoms. The Kier molecular flexibility index (Phi) is 4.70. The summed E-state index contributed by atoms with van der Waals surface area (Å²) >= 11 is 0. The smallest absolute Gasteiger partial charge is 0.336 e. The van der Waals surface area contributed by atoms with Crippen LogP contribution in [0, 0.1) is 6.92 Å². The SMILES string of the molecule is Cc1cc(=O)oc2cc(NCC(=O)Nc3ccc(C(N)=O)cc3)ccc12. The highest BCUT2D eigenvalue weighted by Crippen LogP contribution is 2.20. The first-order chi connectivity index (χ1) is 12.4. The Hall–Kier alpha value is -3.61. The zero-order valence-electron chi connectivity index (χ0n) is 14.0. The van der Waals surface area contributed by atoms with Gasteiger partial charge >= 0.3 is 5.63 Å². The topological polar surface area (TPSA) is 114 Å². The zero-order valence-corrected chi connectivity index (χ0v) is 14.0. The molecule has 7 nitrogen and oxygen atoms in total. The van der Waals surface area contributed by atoms with E-state index in [1.54, 1.807) is 30.3 Å². The fourth-order valence-corrected chi connectivity index (χ4v) is 2.54. The highest BCUT2D eigenvalue weighted by molar-refractivity contribution is 5.96. The van der Waals surface area contributed by atoms with Gasteiger partial charge in [-0.15, -0.1) is 0 Å². The quantitative estimate of drug-likeness (QED) is 0.610. The van der Waals surface area contributed by atoms with Gasteiger partial charge in [-0.3, -0.25) is 9.59 Å². The number of carbonyl (C=O) groups excluding carboxylic acids is 2. The number of amides is 2. The second kappa shape index (κ2) is 7.10. The van der Waals surface area contributed by atoms with Crippen molar-refractivity contribution in [1.29, 1.82) is 0 Å². The van der Waals surface area contributed by atoms with E-state index in [9.17, 15) is 14.4 Å². The molecule has 1 heterocycles. The van der Waals surface area contributed by atoms with Gasteiger partial charge in [-0.2, -0.15) is 0 Å². The van der Waals surface area contributed by atoms with E-state index in [0.29, 0.717) is 22.5 Å². The third-order valence-corrected chi connectivity index (χ3v) is 3.86. The number of primary amides is 1. The molecule has 4 N–H and O–H groups in total. The van der Waals surface area contributed by atoms with Gasteiger partial charge in [0.05, 0.1) is 6.54 Å². The van der Waals surface area contributed by atoms with Gasteiger partial charge in [0.25, 0.3) is 0 Å². The van der Waals surface area contributed by atoms with Crippen LogP contribution in [0.4, 0.5) is 11.4 Å². The Bertz CT molecular complexity index is 1040. The highest BCUT2D eigenvalue weighted by Gasteiger charge is 2.06. The van der Waals surface area contributed by atoms with Gasteiger partial charge < -0.3 is 20.8 Å². The van der Waals surface area contributed by atoms with Crippen molar-refractivity contribution in [2.45, 2.75) is 6.92 Å². The number of hydrogen-bond donors (Lipinski definition) is 3. The van der Waals surface area contributed by atoms with Crippen LogP contribution in [0.5, 0.6) is 0 Å². The molecule has 0 aliphatic rings. The Morgan fingerprint density at radius 3 is 2.42 bits per heavy atom. The van der Waals surface area contributed by atoms with Gasteiger partial charge in [0.2, 0.25) is 11.8 Å². The third kappa shape index (κ3) is 3.89. The lowest BCUT2D eigenvalue weighted by molar-refractivity contribution is -0.114. The molecule has 0 bridgehead atoms. The van der Waals surface area contributed by atoms with Crippen LogP contribution < -0.4 is 22.0 Å². The molecule has 132 valence electrons. The van der Waals surface area contributed by atoms with Crippen molar-refractivity contribution in [3.8, 4) is 0 Å². The molecular weight excluding hydrogens is 334 g/mol. The van der Waals surface area contributed by atoms with Crippen molar-refractivity contribution < 1.29 is 14.0 Å². The number of hydrogen-bond acceptors (Lipinski definition) is 5. The summed E-state index contributed by atoms with van der Waals surface area (Å²) in [5.41, 5.74) is 7.64. The molecule has 1 aromatic heterocycles. The number of nitrogens with two attached hydrogens (primary N) is 1. The van der Waals surface area contributed by atoms with Crippen molar-refractivity contribution in [1.82, 2.24) is 0 Å². The van der Waals surface area contributed by atoms with E-state index in [-0.39, 0.29) is 12.5 Å². The predicted molar refractivity (Wildman–Crippen MR) is 99.3 cm³/mol. The maximum Gasteiger partial charge on any atom is 0.336 e. The fraction of sp³-hybridized carbons (Fsp3) is 0.105. The van der Waals surface area contributed by atoms with Crippen LogP contribution in [-0.2, 0) is 4.79 Å². The van der Waals surface area contributed by atoms with Gasteiger partial charge in [-0.05, 0) is 48.9 Å². The lowest BCUT2D eigenvalue weighted by atomic mass is 10.1. The van der Waals surface area contributed by atoms with E-state index in [1.807, 2.05) is 19.1 Å². The maximum absolute atomic E-state index is 12.0. The second-order valence-corrected chi connectivity index (χ2v) is 5.80. The van der Waals surface area contributed by atoms with Crippen molar-refractivity contribution in [3.63, 3.8) is 0 Å². The molecule has 2 amide bonds. The average molecular weight is 351 g/mol. The summed E-state index contributed by atoms with van der Waals surface area (Å²) in [4.78, 5) is 34.5. The molecule has 2 aromatic carbocycles. The molecule has 0 saturated heterocycles. The number of benzene rings is 2. The van der Waals surface area contributed by atoms with E-state index >= 15 is 0 Å². The molecule has 0 unspecified atom stereocenters. The first kappa shape index (κ1) is 17.2. The van der Waals surface area contributed by atoms with E-state index in [4.69, 9.17) is 10.2 Å². The Morgan fingerprint density at radius 2 is 1.73 bits per heavy atom. The molecule has 0 aliphatic carbocycles. The standard InChI is InChI=1S/C19H17N3O4/c1-11-8-18(24)26-16-9-14(6-7-15(11)16)21-10-17(23)22-13-4-2-12(3-5-13)19(20)25/h2-9,21H,10H2,1H3,(H2,20,25)(H,22,23). The van der Waals surface area contributed by atoms with E-state index in [0.717, 1.165) is 10.9 Å². The van der Waals surface area contributed by atoms with Gasteiger partial charge in [0, 0.05) is 34.5 Å². The average Bonchev–Trinajstić information content (AvgIpc) is 2.60. The second-order valence-electron chi connectivity index (χ2n) is 5.80. The van der Waals surface area contributed by atoms with E-state index < -0.39 is 11.5 Å². The predicted octanol–water partition coefficient (Wildman–Crippen LogP) is 2.25. The largest absolute Gasteiger partial charge is 0.423 e. The molecule has 0 fully saturated rings. The monoisotopic (exact) mass is 351 g/mol. The molecule has 0 spiro atoms. The first-order valence-corrected chi connectivity index (χ1v) is 7.90. The van der Waals surface area contributed by atoms with Gasteiger partial charge in [0.1, 0.15) is 5.58 Å². The summed E-state index contributed by atoms with van der Waals surface area (Å²) in [5, 5.41) is 6.53. The minimum Gasteiger partial charge on any atom is -0.423 e. The number of anilines is 2. The molecule has 0 radical (unpaired) electrons. The maximum atomic E-state index is 12.0. The van der Waals surface area contributed by atoms with Crippen LogP contribution in [0.3, 0.4) is 0 Å². The van der Waals surface area contributed by atoms with Crippen molar-refractivity contribution in [2.75, 3.05) is 17.2 Å². The first-order valence-electron chi connectivity index (χ1n) is 7.90. The summed E-state index contributed by atoms with van der Waals surface area (Å²) in [6, 6.07) is 13.0. The van der Waals surface area contributed by atoms with Crippen LogP contribution in [0.1, 0.15) is 15.9 Å². The minimum absolute atomic E-state index is 0.0269. The van der Waals surface area contributed by atoms with Crippen molar-refractivity contribution in [3.05, 3.63) is 70.1 Å². The fourth-order valence-electron chi connectivity index (χ4n) is 2.54. The Morgan fingerprint density at radius 1 is 1.04 bits per heavy atom. The van der Waals surface area contributed by atoms with Crippen LogP contribution in [-0.4, -0.2) is 18.4 Å². The Labute approximate surface area is 148 Å². The van der Waals surface area contributed by atoms with Crippen LogP contribution in [0.25, 0.3) is 11.0 Å². The number of fused-ring (bicyclic) bond motifs is 1. The van der Waals surface area contributed by atoms with Crippen LogP contribution in [0.2, 0.25) is 0 Å². The normalized spacial score (nSPS) is 10.5. The summed E-state index contributed by atoms with van der Waals surface area (Å²) in [5.74, 6) is -0.787. The number of rotatable bonds is 5. The number of carbonyl (C=O) groups is 2. The lowest BCUT2D eigenvalue weighted by Gasteiger charge is -2.09. The van der Waals surface area contributed by atoms with E-state index in [2.05, 4.69) is 10.6 Å². The number of nitrogens with one attached hydrogen (secondary N) is 2. The summed E-state index contributed by atoms with van der Waals surface area (Å²) in [7, 11) is 0. The minimum atomic E-state index is -0.525. The lowest BCUT2D eigenvalue weighted by Crippen LogP contribution is -2.21. The van der Waals surface area contributed by atoms with E-state index in [1.165, 1.54) is 6.07 Å². The molecule has 0 saturated carbocycles. The van der Waals surface area contributed by atoms with Gasteiger partial charge in [0.15, 0.2) is 0 Å². The van der Waals surface area contributed by atoms with Gasteiger partial charge in [-0.25, -0.2) is 4.79 Å². The number of aryl methyl sites for hydroxylation is 1. The molecule has 0 atom stereocenters. The van der Waals surface area contributed by atoms with Crippen molar-refractivity contribution >= 4 is 34.2 Å². The zero-order chi connectivity index (χ0) is 18.7. The Balaban J connectivity index is 1.64. The third-order valence-electron chi connectivity index (χ3n) is 3.86. The van der Waals surface area contributed by atoms with Gasteiger partial charge in [-0.1, -0.05) is 0 Å². The summed E-state index contributed by atoms with van der Waals surface area (Å²) in [6.07, 6.45) is 0. The molecule has 3 rings (SSSR count). The van der Waals surface area contributed by atoms with Crippen molar-refractivity contribution in [2.24, 2.45) is 5.73 Å². The molecular formula is C19H17N3O4. The summed E-state index contributed by atoms with van der Waals surface area (Å²) in [6.45, 7) is 1.86. The highest BCUT2D eigenvalue weighted by atomic mass is 16.4. The van der Waals surface area contributed by atoms with Crippen LogP contribution in [0.15, 0.2) is 57.7 Å². The van der Waals surface area contributed by atoms with Crippen LogP contribution >= 0.6 is 0 Å². The molecule has 7 heteroatoms.